The molecule has 0 saturated heterocycles. The number of hydrogen-bond donors (Lipinski definition) is 1. The Kier molecular flexibility index (Phi) is 5.81. The highest BCUT2D eigenvalue weighted by Gasteiger charge is 2.27. The molecule has 1 aliphatic rings. The zero-order valence-electron chi connectivity index (χ0n) is 17.4. The lowest BCUT2D eigenvalue weighted by atomic mass is 10.0. The maximum Gasteiger partial charge on any atom is 0.335 e. The van der Waals surface area contributed by atoms with Crippen molar-refractivity contribution in [3.63, 3.8) is 0 Å². The van der Waals surface area contributed by atoms with Gasteiger partial charge in [0.05, 0.1) is 18.7 Å². The number of benzene rings is 1. The first-order valence-electron chi connectivity index (χ1n) is 10.0. The molecule has 1 saturated carbocycles. The second-order valence-corrected chi connectivity index (χ2v) is 7.54. The number of pyridine rings is 1. The number of ether oxygens (including phenoxy) is 1. The SMILES string of the molecule is COc1nc([C@H](C)NC(=O)c2cc(C(F)F)cc(C3CC3)c2)n(-c2ccc(C#N)cn2)n1. The number of halogens is 2. The standard InChI is InChI=1S/C22H20F2N6O2/c1-12(20-28-22(32-2)29-30(20)18-6-3-13(10-25)11-26-18)27-21(31)17-8-15(14-4-5-14)7-16(9-17)19(23)24/h3,6-9,11-12,14,19H,4-5H2,1-2H3,(H,27,31)/t12-/m0/s1. The average Bonchev–Trinajstić information content (AvgIpc) is 3.57. The van der Waals surface area contributed by atoms with Crippen LogP contribution in [0.15, 0.2) is 36.5 Å². The highest BCUT2D eigenvalue weighted by Crippen LogP contribution is 2.41. The molecule has 0 aliphatic heterocycles. The largest absolute Gasteiger partial charge is 0.466 e. The highest BCUT2D eigenvalue weighted by atomic mass is 19.3. The molecule has 10 heteroatoms. The lowest BCUT2D eigenvalue weighted by molar-refractivity contribution is 0.0937. The van der Waals surface area contributed by atoms with Crippen LogP contribution in [0, 0.1) is 11.3 Å². The van der Waals surface area contributed by atoms with E-state index in [1.807, 2.05) is 6.07 Å². The molecule has 8 nitrogen and oxygen atoms in total. The summed E-state index contributed by atoms with van der Waals surface area (Å²) in [6.45, 7) is 1.69. The summed E-state index contributed by atoms with van der Waals surface area (Å²) >= 11 is 0. The molecule has 0 unspecified atom stereocenters. The zero-order chi connectivity index (χ0) is 22.8. The Morgan fingerprint density at radius 1 is 1.31 bits per heavy atom. The monoisotopic (exact) mass is 438 g/mol. The van der Waals surface area contributed by atoms with Crippen molar-refractivity contribution in [3.8, 4) is 17.9 Å². The Hall–Kier alpha value is -3.87. The van der Waals surface area contributed by atoms with E-state index in [0.717, 1.165) is 18.4 Å². The van der Waals surface area contributed by atoms with Crippen molar-refractivity contribution in [3.05, 3.63) is 64.6 Å². The zero-order valence-corrected chi connectivity index (χ0v) is 17.4. The topological polar surface area (TPSA) is 106 Å². The number of nitrogens with one attached hydrogen (secondary N) is 1. The predicted octanol–water partition coefficient (Wildman–Crippen LogP) is 3.85. The molecular formula is C22H20F2N6O2. The molecule has 32 heavy (non-hydrogen) atoms. The van der Waals surface area contributed by atoms with Crippen LogP contribution in [0.25, 0.3) is 5.82 Å². The quantitative estimate of drug-likeness (QED) is 0.601. The number of alkyl halides is 2. The molecule has 0 spiro atoms. The van der Waals surface area contributed by atoms with Crippen LogP contribution < -0.4 is 10.1 Å². The van der Waals surface area contributed by atoms with Gasteiger partial charge in [-0.05, 0) is 61.6 Å². The van der Waals surface area contributed by atoms with Gasteiger partial charge in [0.1, 0.15) is 6.07 Å². The number of nitriles is 1. The normalized spacial score (nSPS) is 14.1. The summed E-state index contributed by atoms with van der Waals surface area (Å²) in [6, 6.07) is 8.95. The minimum atomic E-state index is -2.66. The minimum Gasteiger partial charge on any atom is -0.466 e. The van der Waals surface area contributed by atoms with Gasteiger partial charge in [0.25, 0.3) is 12.3 Å². The molecule has 164 valence electrons. The van der Waals surface area contributed by atoms with E-state index < -0.39 is 18.4 Å². The first-order valence-corrected chi connectivity index (χ1v) is 10.0. The number of aromatic nitrogens is 4. The number of rotatable bonds is 7. The van der Waals surface area contributed by atoms with Crippen LogP contribution in [-0.4, -0.2) is 32.8 Å². The Morgan fingerprint density at radius 2 is 2.09 bits per heavy atom. The van der Waals surface area contributed by atoms with E-state index >= 15 is 0 Å². The summed E-state index contributed by atoms with van der Waals surface area (Å²) in [5.74, 6) is 0.446. The molecule has 2 aromatic heterocycles. The molecule has 1 N–H and O–H groups in total. The Labute approximate surface area is 182 Å². The van der Waals surface area contributed by atoms with E-state index in [1.165, 1.54) is 30.1 Å². The lowest BCUT2D eigenvalue weighted by Gasteiger charge is -2.15. The van der Waals surface area contributed by atoms with Crippen LogP contribution in [0.4, 0.5) is 8.78 Å². The molecule has 0 bridgehead atoms. The molecule has 1 aromatic carbocycles. The Bertz CT molecular complexity index is 1160. The van der Waals surface area contributed by atoms with Gasteiger partial charge in [-0.15, -0.1) is 5.10 Å². The summed E-state index contributed by atoms with van der Waals surface area (Å²) < 4.78 is 33.2. The maximum atomic E-state index is 13.3. The van der Waals surface area contributed by atoms with Crippen molar-refractivity contribution in [1.29, 1.82) is 5.26 Å². The van der Waals surface area contributed by atoms with Gasteiger partial charge in [-0.1, -0.05) is 0 Å². The summed E-state index contributed by atoms with van der Waals surface area (Å²) in [6.07, 6.45) is 0.605. The van der Waals surface area contributed by atoms with Crippen LogP contribution in [-0.2, 0) is 0 Å². The molecular weight excluding hydrogens is 418 g/mol. The minimum absolute atomic E-state index is 0.0722. The second kappa shape index (κ2) is 8.70. The van der Waals surface area contributed by atoms with Gasteiger partial charge < -0.3 is 10.1 Å². The summed E-state index contributed by atoms with van der Waals surface area (Å²) in [7, 11) is 1.41. The van der Waals surface area contributed by atoms with Gasteiger partial charge in [0.15, 0.2) is 11.6 Å². The number of carbonyl (C=O) groups is 1. The van der Waals surface area contributed by atoms with E-state index in [2.05, 4.69) is 20.4 Å². The van der Waals surface area contributed by atoms with Crippen LogP contribution in [0.2, 0.25) is 0 Å². The molecule has 1 aliphatic carbocycles. The maximum absolute atomic E-state index is 13.3. The smallest absolute Gasteiger partial charge is 0.335 e. The van der Waals surface area contributed by atoms with Crippen LogP contribution in [0.3, 0.4) is 0 Å². The molecule has 0 radical (unpaired) electrons. The highest BCUT2D eigenvalue weighted by molar-refractivity contribution is 5.94. The molecule has 1 fully saturated rings. The van der Waals surface area contributed by atoms with Gasteiger partial charge in [-0.3, -0.25) is 4.79 Å². The van der Waals surface area contributed by atoms with Crippen molar-refractivity contribution in [2.45, 2.75) is 38.2 Å². The van der Waals surface area contributed by atoms with Gasteiger partial charge in [-0.25, -0.2) is 13.8 Å². The van der Waals surface area contributed by atoms with Crippen molar-refractivity contribution in [2.75, 3.05) is 7.11 Å². The fourth-order valence-corrected chi connectivity index (χ4v) is 3.35. The number of amides is 1. The number of methoxy groups -OCH3 is 1. The van der Waals surface area contributed by atoms with Gasteiger partial charge in [-0.2, -0.15) is 14.9 Å². The molecule has 3 aromatic rings. The first-order chi connectivity index (χ1) is 15.4. The van der Waals surface area contributed by atoms with E-state index in [9.17, 15) is 13.6 Å². The summed E-state index contributed by atoms with van der Waals surface area (Å²) in [5, 5.41) is 16.0. The van der Waals surface area contributed by atoms with Crippen LogP contribution in [0.1, 0.15) is 71.0 Å². The third kappa shape index (κ3) is 4.42. The second-order valence-electron chi connectivity index (χ2n) is 7.54. The van der Waals surface area contributed by atoms with Gasteiger partial charge in [0, 0.05) is 17.3 Å². The first kappa shape index (κ1) is 21.4. The lowest BCUT2D eigenvalue weighted by Crippen LogP contribution is -2.29. The van der Waals surface area contributed by atoms with Crippen LogP contribution >= 0.6 is 0 Å². The van der Waals surface area contributed by atoms with Crippen molar-refractivity contribution < 1.29 is 18.3 Å². The average molecular weight is 438 g/mol. The van der Waals surface area contributed by atoms with Crippen molar-refractivity contribution in [2.24, 2.45) is 0 Å². The molecule has 1 atom stereocenters. The van der Waals surface area contributed by atoms with E-state index in [0.29, 0.717) is 17.2 Å². The molecule has 2 heterocycles. The van der Waals surface area contributed by atoms with E-state index in [4.69, 9.17) is 10.00 Å². The molecule has 4 rings (SSSR count). The summed E-state index contributed by atoms with van der Waals surface area (Å²) in [5.41, 5.74) is 1.14. The fourth-order valence-electron chi connectivity index (χ4n) is 3.35. The number of nitrogens with zero attached hydrogens (tertiary/aromatic N) is 5. The Balaban J connectivity index is 1.61. The predicted molar refractivity (Wildman–Crippen MR) is 110 cm³/mol. The van der Waals surface area contributed by atoms with Gasteiger partial charge >= 0.3 is 6.01 Å². The van der Waals surface area contributed by atoms with Crippen molar-refractivity contribution >= 4 is 5.91 Å². The number of carbonyl (C=O) groups excluding carboxylic acids is 1. The van der Waals surface area contributed by atoms with E-state index in [-0.39, 0.29) is 23.1 Å². The fraction of sp³-hybridized carbons (Fsp3) is 0.318. The molecule has 1 amide bonds. The van der Waals surface area contributed by atoms with Crippen molar-refractivity contribution in [1.82, 2.24) is 25.1 Å². The number of hydrogen-bond acceptors (Lipinski definition) is 6. The Morgan fingerprint density at radius 3 is 2.69 bits per heavy atom. The summed E-state index contributed by atoms with van der Waals surface area (Å²) in [4.78, 5) is 21.4. The third-order valence-corrected chi connectivity index (χ3v) is 5.16. The van der Waals surface area contributed by atoms with E-state index in [1.54, 1.807) is 25.1 Å². The van der Waals surface area contributed by atoms with Crippen LogP contribution in [0.5, 0.6) is 6.01 Å². The third-order valence-electron chi connectivity index (χ3n) is 5.16. The van der Waals surface area contributed by atoms with Gasteiger partial charge in [0.2, 0.25) is 0 Å².